The molecule has 0 bridgehead atoms. The summed E-state index contributed by atoms with van der Waals surface area (Å²) in [4.78, 5) is 15.4. The van der Waals surface area contributed by atoms with Gasteiger partial charge in [-0.3, -0.25) is 0 Å². The molecule has 0 N–H and O–H groups in total. The van der Waals surface area contributed by atoms with Crippen LogP contribution in [0.15, 0.2) is 223 Å². The Hall–Kier alpha value is -8.41. The zero-order valence-corrected chi connectivity index (χ0v) is 33.5. The average Bonchev–Trinajstić information content (AvgIpc) is 3.90. The van der Waals surface area contributed by atoms with Gasteiger partial charge in [0, 0.05) is 38.5 Å². The number of hydrogen-bond donors (Lipinski definition) is 0. The second-order valence-corrected chi connectivity index (χ2v) is 15.6. The largest absolute Gasteiger partial charge is 0.456 e. The number of furan rings is 1. The van der Waals surface area contributed by atoms with E-state index in [1.165, 1.54) is 16.5 Å². The molecule has 0 aliphatic rings. The standard InChI is InChI=1S/C57H36N4O/c1-4-12-37(13-5-1)40-20-24-43(25-21-40)55-58-56(44-26-22-41(23-27-44)38-14-6-2-7-15-38)60-57(59-55)45-30-34-51-49(36-45)53-52(62-51)35-33-48-47-18-10-11-19-50(47)61(54(48)53)46-31-28-42(29-32-46)39-16-8-3-9-17-39/h1-36H. The highest BCUT2D eigenvalue weighted by Gasteiger charge is 2.21. The van der Waals surface area contributed by atoms with Gasteiger partial charge in [0.25, 0.3) is 0 Å². The van der Waals surface area contributed by atoms with Crippen molar-refractivity contribution < 1.29 is 4.42 Å². The van der Waals surface area contributed by atoms with Crippen molar-refractivity contribution in [3.63, 3.8) is 0 Å². The van der Waals surface area contributed by atoms with Gasteiger partial charge in [-0.25, -0.2) is 15.0 Å². The van der Waals surface area contributed by atoms with Crippen LogP contribution in [-0.4, -0.2) is 19.5 Å². The highest BCUT2D eigenvalue weighted by Crippen LogP contribution is 2.42. The summed E-state index contributed by atoms with van der Waals surface area (Å²) in [6, 6.07) is 76.3. The molecule has 0 saturated heterocycles. The van der Waals surface area contributed by atoms with Crippen LogP contribution in [0, 0.1) is 0 Å². The van der Waals surface area contributed by atoms with Crippen molar-refractivity contribution in [3.8, 4) is 73.2 Å². The van der Waals surface area contributed by atoms with E-state index in [4.69, 9.17) is 19.4 Å². The lowest BCUT2D eigenvalue weighted by Crippen LogP contribution is -2.00. The molecule has 12 rings (SSSR count). The van der Waals surface area contributed by atoms with E-state index in [-0.39, 0.29) is 0 Å². The topological polar surface area (TPSA) is 56.7 Å². The first-order chi connectivity index (χ1) is 30.7. The first kappa shape index (κ1) is 35.5. The van der Waals surface area contributed by atoms with Gasteiger partial charge in [-0.1, -0.05) is 170 Å². The summed E-state index contributed by atoms with van der Waals surface area (Å²) in [5, 5.41) is 4.39. The molecular formula is C57H36N4O. The van der Waals surface area contributed by atoms with Crippen LogP contribution in [0.4, 0.5) is 0 Å². The lowest BCUT2D eigenvalue weighted by Gasteiger charge is -2.11. The minimum absolute atomic E-state index is 0.588. The molecule has 290 valence electrons. The Morgan fingerprint density at radius 2 is 0.726 bits per heavy atom. The van der Waals surface area contributed by atoms with Crippen molar-refractivity contribution in [1.29, 1.82) is 0 Å². The highest BCUT2D eigenvalue weighted by molar-refractivity contribution is 6.24. The lowest BCUT2D eigenvalue weighted by molar-refractivity contribution is 0.669. The van der Waals surface area contributed by atoms with Crippen LogP contribution in [0.25, 0.3) is 117 Å². The smallest absolute Gasteiger partial charge is 0.164 e. The molecule has 12 aromatic rings. The second-order valence-electron chi connectivity index (χ2n) is 15.6. The number of benzene rings is 9. The minimum Gasteiger partial charge on any atom is -0.456 e. The number of rotatable bonds is 7. The molecular weight excluding hydrogens is 757 g/mol. The molecule has 0 radical (unpaired) electrons. The summed E-state index contributed by atoms with van der Waals surface area (Å²) in [6.45, 7) is 0. The molecule has 0 spiro atoms. The maximum absolute atomic E-state index is 6.63. The van der Waals surface area contributed by atoms with Gasteiger partial charge in [0.05, 0.1) is 16.4 Å². The van der Waals surface area contributed by atoms with Crippen molar-refractivity contribution in [2.24, 2.45) is 0 Å². The first-order valence-corrected chi connectivity index (χ1v) is 20.8. The van der Waals surface area contributed by atoms with E-state index in [1.807, 2.05) is 18.2 Å². The Morgan fingerprint density at radius 1 is 0.306 bits per heavy atom. The molecule has 9 aromatic carbocycles. The summed E-state index contributed by atoms with van der Waals surface area (Å²) < 4.78 is 9.01. The molecule has 0 saturated carbocycles. The highest BCUT2D eigenvalue weighted by atomic mass is 16.3. The van der Waals surface area contributed by atoms with E-state index in [0.29, 0.717) is 17.5 Å². The summed E-state index contributed by atoms with van der Waals surface area (Å²) in [5.74, 6) is 1.80. The fourth-order valence-electron chi connectivity index (χ4n) is 8.81. The van der Waals surface area contributed by atoms with Crippen molar-refractivity contribution in [1.82, 2.24) is 19.5 Å². The molecule has 62 heavy (non-hydrogen) atoms. The Labute approximate surface area is 357 Å². The third-order valence-electron chi connectivity index (χ3n) is 11.9. The van der Waals surface area contributed by atoms with E-state index < -0.39 is 0 Å². The maximum Gasteiger partial charge on any atom is 0.164 e. The molecule has 0 aliphatic heterocycles. The fourth-order valence-corrected chi connectivity index (χ4v) is 8.81. The van der Waals surface area contributed by atoms with E-state index in [9.17, 15) is 0 Å². The number of nitrogens with zero attached hydrogens (tertiary/aromatic N) is 4. The Kier molecular flexibility index (Phi) is 8.42. The van der Waals surface area contributed by atoms with Crippen molar-refractivity contribution in [2.45, 2.75) is 0 Å². The average molecular weight is 793 g/mol. The maximum atomic E-state index is 6.63. The summed E-state index contributed by atoms with van der Waals surface area (Å²) in [5.41, 5.74) is 14.6. The molecule has 5 nitrogen and oxygen atoms in total. The van der Waals surface area contributed by atoms with Crippen LogP contribution in [0.3, 0.4) is 0 Å². The Balaban J connectivity index is 1.03. The van der Waals surface area contributed by atoms with Crippen molar-refractivity contribution in [3.05, 3.63) is 218 Å². The van der Waals surface area contributed by atoms with Gasteiger partial charge in [0.15, 0.2) is 17.5 Å². The van der Waals surface area contributed by atoms with Gasteiger partial charge >= 0.3 is 0 Å². The second kappa shape index (κ2) is 14.7. The SMILES string of the molecule is c1ccc(-c2ccc(-c3nc(-c4ccc(-c5ccccc5)cc4)nc(-c4ccc5oc6ccc7c8ccccc8n(-c8ccc(-c9ccccc9)cc8)c7c6c5c4)n3)cc2)cc1. The number of para-hydroxylation sites is 1. The van der Waals surface area contributed by atoms with Crippen molar-refractivity contribution in [2.75, 3.05) is 0 Å². The Morgan fingerprint density at radius 3 is 1.27 bits per heavy atom. The van der Waals surface area contributed by atoms with Gasteiger partial charge < -0.3 is 8.98 Å². The molecule has 3 aromatic heterocycles. The van der Waals surface area contributed by atoms with E-state index in [2.05, 4.69) is 205 Å². The number of hydrogen-bond acceptors (Lipinski definition) is 4. The summed E-state index contributed by atoms with van der Waals surface area (Å²) in [7, 11) is 0. The van der Waals surface area contributed by atoms with E-state index in [1.54, 1.807) is 0 Å². The lowest BCUT2D eigenvalue weighted by atomic mass is 10.0. The van der Waals surface area contributed by atoms with Crippen LogP contribution in [0.5, 0.6) is 0 Å². The predicted molar refractivity (Wildman–Crippen MR) is 254 cm³/mol. The van der Waals surface area contributed by atoms with Crippen LogP contribution in [0.1, 0.15) is 0 Å². The first-order valence-electron chi connectivity index (χ1n) is 20.8. The monoisotopic (exact) mass is 792 g/mol. The molecule has 0 aliphatic carbocycles. The van der Waals surface area contributed by atoms with E-state index >= 15 is 0 Å². The molecule has 0 fully saturated rings. The number of fused-ring (bicyclic) bond motifs is 7. The molecule has 0 atom stereocenters. The zero-order valence-electron chi connectivity index (χ0n) is 33.5. The molecule has 0 amide bonds. The predicted octanol–water partition coefficient (Wildman–Crippen LogP) is 14.9. The normalized spacial score (nSPS) is 11.5. The van der Waals surface area contributed by atoms with Crippen LogP contribution < -0.4 is 0 Å². The van der Waals surface area contributed by atoms with Gasteiger partial charge in [0.1, 0.15) is 11.2 Å². The van der Waals surface area contributed by atoms with Gasteiger partial charge in [-0.05, 0) is 81.9 Å². The van der Waals surface area contributed by atoms with Crippen LogP contribution >= 0.6 is 0 Å². The summed E-state index contributed by atoms with van der Waals surface area (Å²) >= 11 is 0. The van der Waals surface area contributed by atoms with E-state index in [0.717, 1.165) is 83.0 Å². The van der Waals surface area contributed by atoms with Gasteiger partial charge in [0.2, 0.25) is 0 Å². The van der Waals surface area contributed by atoms with Gasteiger partial charge in [-0.2, -0.15) is 0 Å². The zero-order chi connectivity index (χ0) is 41.0. The van der Waals surface area contributed by atoms with Crippen LogP contribution in [-0.2, 0) is 0 Å². The number of aromatic nitrogens is 4. The van der Waals surface area contributed by atoms with Crippen molar-refractivity contribution >= 4 is 43.7 Å². The third kappa shape index (κ3) is 6.14. The fraction of sp³-hybridized carbons (Fsp3) is 0. The molecule has 3 heterocycles. The summed E-state index contributed by atoms with van der Waals surface area (Å²) in [6.07, 6.45) is 0. The molecule has 0 unspecified atom stereocenters. The van der Waals surface area contributed by atoms with Gasteiger partial charge in [-0.15, -0.1) is 0 Å². The minimum atomic E-state index is 0.588. The Bertz CT molecular complexity index is 3480. The van der Waals surface area contributed by atoms with Crippen LogP contribution in [0.2, 0.25) is 0 Å². The molecule has 5 heteroatoms. The quantitative estimate of drug-likeness (QED) is 0.161. The third-order valence-corrected chi connectivity index (χ3v) is 11.9.